The highest BCUT2D eigenvalue weighted by atomic mass is 16.6. The molecule has 2 aliphatic heterocycles. The summed E-state index contributed by atoms with van der Waals surface area (Å²) in [5.41, 5.74) is 2.63. The first kappa shape index (κ1) is 25.2. The first-order valence-electron chi connectivity index (χ1n) is 11.8. The summed E-state index contributed by atoms with van der Waals surface area (Å²) >= 11 is 0. The summed E-state index contributed by atoms with van der Waals surface area (Å²) in [6.45, 7) is 5.53. The standard InChI is InChI=1S/C27H29N3O6/c1-17-23(26(31)35-3)25(20-10-7-11-21(14-20)30(33)34)24(18(2)28-17)27(32)36-22-12-13-29(16-22)15-19-8-5-4-6-9-19/h4-11,14,22-23,25H,12-13,15-16H2,1-3H3/t22-,23?,25-/m0/s1. The molecule has 2 aromatic carbocycles. The number of esters is 2. The molecule has 4 rings (SSSR count). The van der Waals surface area contributed by atoms with E-state index in [1.807, 2.05) is 18.2 Å². The summed E-state index contributed by atoms with van der Waals surface area (Å²) in [6.07, 6.45) is 0.380. The number of likely N-dealkylation sites (tertiary alicyclic amines) is 1. The lowest BCUT2D eigenvalue weighted by Gasteiger charge is -2.31. The fraction of sp³-hybridized carbons (Fsp3) is 0.370. The number of allylic oxidation sites excluding steroid dienone is 1. The highest BCUT2D eigenvalue weighted by Crippen LogP contribution is 2.41. The summed E-state index contributed by atoms with van der Waals surface area (Å²) in [7, 11) is 1.27. The Bertz CT molecular complexity index is 1220. The van der Waals surface area contributed by atoms with Gasteiger partial charge in [0, 0.05) is 49.1 Å². The van der Waals surface area contributed by atoms with Gasteiger partial charge in [0.05, 0.1) is 17.6 Å². The van der Waals surface area contributed by atoms with Crippen LogP contribution in [0, 0.1) is 16.0 Å². The van der Waals surface area contributed by atoms with Crippen LogP contribution in [0.15, 0.2) is 70.9 Å². The van der Waals surface area contributed by atoms with E-state index in [0.717, 1.165) is 13.1 Å². The lowest BCUT2D eigenvalue weighted by Crippen LogP contribution is -2.37. The average Bonchev–Trinajstić information content (AvgIpc) is 3.30. The molecule has 188 valence electrons. The summed E-state index contributed by atoms with van der Waals surface area (Å²) in [5, 5.41) is 11.4. The zero-order valence-corrected chi connectivity index (χ0v) is 20.5. The van der Waals surface area contributed by atoms with Crippen molar-refractivity contribution in [1.29, 1.82) is 0 Å². The molecule has 2 aromatic rings. The Morgan fingerprint density at radius 3 is 2.58 bits per heavy atom. The molecular weight excluding hydrogens is 462 g/mol. The smallest absolute Gasteiger partial charge is 0.336 e. The van der Waals surface area contributed by atoms with Crippen molar-refractivity contribution < 1.29 is 24.0 Å². The average molecular weight is 492 g/mol. The highest BCUT2D eigenvalue weighted by molar-refractivity contribution is 6.07. The largest absolute Gasteiger partial charge is 0.468 e. The number of hydrogen-bond donors (Lipinski definition) is 0. The van der Waals surface area contributed by atoms with Crippen molar-refractivity contribution in [2.45, 2.75) is 38.8 Å². The molecule has 9 nitrogen and oxygen atoms in total. The van der Waals surface area contributed by atoms with Crippen LogP contribution < -0.4 is 0 Å². The fourth-order valence-corrected chi connectivity index (χ4v) is 5.02. The number of carbonyl (C=O) groups is 2. The normalized spacial score (nSPS) is 22.2. The van der Waals surface area contributed by atoms with Gasteiger partial charge in [-0.2, -0.15) is 0 Å². The second kappa shape index (κ2) is 10.8. The van der Waals surface area contributed by atoms with Crippen LogP contribution in [0.2, 0.25) is 0 Å². The van der Waals surface area contributed by atoms with Gasteiger partial charge >= 0.3 is 11.9 Å². The van der Waals surface area contributed by atoms with Gasteiger partial charge in [-0.1, -0.05) is 42.5 Å². The molecule has 1 fully saturated rings. The van der Waals surface area contributed by atoms with Gasteiger partial charge in [0.2, 0.25) is 0 Å². The molecule has 3 atom stereocenters. The number of aliphatic imine (C=N–C) groups is 1. The molecule has 0 amide bonds. The predicted molar refractivity (Wildman–Crippen MR) is 133 cm³/mol. The molecule has 1 saturated heterocycles. The number of nitro groups is 1. The Morgan fingerprint density at radius 2 is 1.89 bits per heavy atom. The zero-order chi connectivity index (χ0) is 25.8. The third-order valence-electron chi connectivity index (χ3n) is 6.70. The summed E-state index contributed by atoms with van der Waals surface area (Å²) < 4.78 is 10.9. The number of non-ortho nitro benzene ring substituents is 1. The van der Waals surface area contributed by atoms with Gasteiger partial charge in [-0.3, -0.25) is 24.8 Å². The van der Waals surface area contributed by atoms with Crippen LogP contribution in [0.4, 0.5) is 5.69 Å². The third kappa shape index (κ3) is 5.36. The van der Waals surface area contributed by atoms with Crippen LogP contribution in [-0.4, -0.2) is 53.8 Å². The maximum atomic E-state index is 13.5. The molecule has 0 N–H and O–H groups in total. The molecule has 0 aromatic heterocycles. The first-order chi connectivity index (χ1) is 17.3. The van der Waals surface area contributed by atoms with Gasteiger partial charge < -0.3 is 9.47 Å². The van der Waals surface area contributed by atoms with E-state index in [1.165, 1.54) is 24.8 Å². The van der Waals surface area contributed by atoms with Crippen LogP contribution in [0.25, 0.3) is 0 Å². The van der Waals surface area contributed by atoms with E-state index < -0.39 is 28.7 Å². The van der Waals surface area contributed by atoms with Crippen molar-refractivity contribution in [3.8, 4) is 0 Å². The molecule has 0 bridgehead atoms. The lowest BCUT2D eigenvalue weighted by molar-refractivity contribution is -0.384. The second-order valence-corrected chi connectivity index (χ2v) is 9.12. The molecule has 2 heterocycles. The minimum atomic E-state index is -0.901. The van der Waals surface area contributed by atoms with E-state index in [2.05, 4.69) is 22.0 Å². The SMILES string of the molecule is COC(=O)C1C(C)=NC(C)=C(C(=O)O[C@H]2CCN(Cc3ccccc3)C2)[C@H]1c1cccc([N+](=O)[O-])c1. The minimum absolute atomic E-state index is 0.131. The van der Waals surface area contributed by atoms with Gasteiger partial charge in [-0.15, -0.1) is 0 Å². The predicted octanol–water partition coefficient (Wildman–Crippen LogP) is 4.03. The highest BCUT2D eigenvalue weighted by Gasteiger charge is 2.43. The van der Waals surface area contributed by atoms with Crippen LogP contribution in [0.3, 0.4) is 0 Å². The Kier molecular flexibility index (Phi) is 7.59. The number of benzene rings is 2. The molecule has 0 aliphatic carbocycles. The van der Waals surface area contributed by atoms with E-state index >= 15 is 0 Å². The molecule has 1 unspecified atom stereocenters. The van der Waals surface area contributed by atoms with Gasteiger partial charge in [-0.05, 0) is 31.4 Å². The quantitative estimate of drug-likeness (QED) is 0.327. The van der Waals surface area contributed by atoms with Crippen molar-refractivity contribution in [1.82, 2.24) is 4.90 Å². The number of nitro benzene ring substituents is 1. The molecule has 9 heteroatoms. The minimum Gasteiger partial charge on any atom is -0.468 e. The Labute approximate surface area is 209 Å². The lowest BCUT2D eigenvalue weighted by atomic mass is 9.75. The van der Waals surface area contributed by atoms with Crippen LogP contribution in [-0.2, 0) is 25.6 Å². The fourth-order valence-electron chi connectivity index (χ4n) is 5.02. The zero-order valence-electron chi connectivity index (χ0n) is 20.5. The topological polar surface area (TPSA) is 111 Å². The molecule has 0 radical (unpaired) electrons. The van der Waals surface area contributed by atoms with Gasteiger partial charge in [0.25, 0.3) is 5.69 Å². The van der Waals surface area contributed by atoms with Crippen LogP contribution >= 0.6 is 0 Å². The van der Waals surface area contributed by atoms with E-state index in [-0.39, 0.29) is 17.4 Å². The number of rotatable bonds is 7. The monoisotopic (exact) mass is 491 g/mol. The number of hydrogen-bond acceptors (Lipinski definition) is 8. The van der Waals surface area contributed by atoms with Crippen LogP contribution in [0.5, 0.6) is 0 Å². The van der Waals surface area contributed by atoms with Gasteiger partial charge in [-0.25, -0.2) is 4.79 Å². The molecule has 0 spiro atoms. The van der Waals surface area contributed by atoms with Crippen molar-refractivity contribution in [3.63, 3.8) is 0 Å². The summed E-state index contributed by atoms with van der Waals surface area (Å²) in [6, 6.07) is 16.1. The maximum absolute atomic E-state index is 13.5. The van der Waals surface area contributed by atoms with Crippen molar-refractivity contribution in [2.75, 3.05) is 20.2 Å². The number of carbonyl (C=O) groups excluding carboxylic acids is 2. The van der Waals surface area contributed by atoms with E-state index in [1.54, 1.807) is 26.0 Å². The Balaban J connectivity index is 1.60. The van der Waals surface area contributed by atoms with Gasteiger partial charge in [0.1, 0.15) is 12.0 Å². The maximum Gasteiger partial charge on any atom is 0.336 e. The van der Waals surface area contributed by atoms with E-state index in [0.29, 0.717) is 29.9 Å². The van der Waals surface area contributed by atoms with Crippen molar-refractivity contribution in [3.05, 3.63) is 87.1 Å². The third-order valence-corrected chi connectivity index (χ3v) is 6.70. The molecule has 0 saturated carbocycles. The molecule has 36 heavy (non-hydrogen) atoms. The van der Waals surface area contributed by atoms with E-state index in [4.69, 9.17) is 9.47 Å². The molecular formula is C27H29N3O6. The molecule has 2 aliphatic rings. The Hall–Kier alpha value is -3.85. The second-order valence-electron chi connectivity index (χ2n) is 9.12. The summed E-state index contributed by atoms with van der Waals surface area (Å²) in [4.78, 5) is 44.0. The number of methoxy groups -OCH3 is 1. The van der Waals surface area contributed by atoms with E-state index in [9.17, 15) is 19.7 Å². The van der Waals surface area contributed by atoms with Crippen molar-refractivity contribution >= 4 is 23.3 Å². The van der Waals surface area contributed by atoms with Crippen LogP contribution in [0.1, 0.15) is 37.3 Å². The number of ether oxygens (including phenoxy) is 2. The summed E-state index contributed by atoms with van der Waals surface area (Å²) in [5.74, 6) is -2.85. The van der Waals surface area contributed by atoms with Gasteiger partial charge in [0.15, 0.2) is 0 Å². The first-order valence-corrected chi connectivity index (χ1v) is 11.8. The van der Waals surface area contributed by atoms with Crippen molar-refractivity contribution in [2.24, 2.45) is 10.9 Å². The Morgan fingerprint density at radius 1 is 1.14 bits per heavy atom. The number of nitrogens with zero attached hydrogens (tertiary/aromatic N) is 3.